The number of benzene rings is 1. The molecule has 1 aromatic rings. The third-order valence-corrected chi connectivity index (χ3v) is 3.31. The molecule has 1 amide bonds. The van der Waals surface area contributed by atoms with Crippen LogP contribution in [0.1, 0.15) is 37.8 Å². The van der Waals surface area contributed by atoms with E-state index in [-0.39, 0.29) is 12.5 Å². The van der Waals surface area contributed by atoms with Crippen LogP contribution in [0.2, 0.25) is 0 Å². The molecule has 0 aromatic heterocycles. The lowest BCUT2D eigenvalue weighted by Gasteiger charge is -2.25. The highest BCUT2D eigenvalue weighted by Crippen LogP contribution is 2.21. The minimum absolute atomic E-state index is 0.280. The lowest BCUT2D eigenvalue weighted by Crippen LogP contribution is -2.35. The molecule has 3 N–H and O–H groups in total. The molecule has 0 heterocycles. The maximum absolute atomic E-state index is 11.2. The summed E-state index contributed by atoms with van der Waals surface area (Å²) in [6.07, 6.45) is 2.17. The number of aryl methyl sites for hydroxylation is 1. The van der Waals surface area contributed by atoms with Crippen molar-refractivity contribution in [2.24, 2.45) is 5.73 Å². The van der Waals surface area contributed by atoms with E-state index >= 15 is 0 Å². The summed E-state index contributed by atoms with van der Waals surface area (Å²) in [6, 6.07) is 6.39. The number of nitrogens with one attached hydrogen (secondary N) is 1. The van der Waals surface area contributed by atoms with Crippen molar-refractivity contribution in [2.45, 2.75) is 40.2 Å². The van der Waals surface area contributed by atoms with Gasteiger partial charge in [0.1, 0.15) is 0 Å². The number of rotatable bonds is 9. The van der Waals surface area contributed by atoms with Crippen molar-refractivity contribution in [1.29, 1.82) is 0 Å². The second-order valence-corrected chi connectivity index (χ2v) is 5.14. The Morgan fingerprint density at radius 2 is 2.10 bits per heavy atom. The number of hydrogen-bond acceptors (Lipinski definition) is 3. The largest absolute Gasteiger partial charge is 0.368 e. The third-order valence-electron chi connectivity index (χ3n) is 3.31. The Morgan fingerprint density at radius 3 is 2.65 bits per heavy atom. The topological polar surface area (TPSA) is 58.4 Å². The van der Waals surface area contributed by atoms with Gasteiger partial charge in [-0.1, -0.05) is 32.4 Å². The summed E-state index contributed by atoms with van der Waals surface area (Å²) in [4.78, 5) is 13.3. The van der Waals surface area contributed by atoms with E-state index in [4.69, 9.17) is 5.73 Å². The summed E-state index contributed by atoms with van der Waals surface area (Å²) < 4.78 is 0. The smallest absolute Gasteiger partial charge is 0.236 e. The van der Waals surface area contributed by atoms with Gasteiger partial charge in [0.25, 0.3) is 0 Å². The van der Waals surface area contributed by atoms with Crippen molar-refractivity contribution in [3.63, 3.8) is 0 Å². The number of nitrogens with two attached hydrogens (primary N) is 1. The zero-order chi connectivity index (χ0) is 15.0. The zero-order valence-corrected chi connectivity index (χ0v) is 12.9. The highest BCUT2D eigenvalue weighted by molar-refractivity contribution is 5.80. The van der Waals surface area contributed by atoms with Crippen LogP contribution in [0, 0.1) is 6.92 Å². The normalized spacial score (nSPS) is 10.6. The number of nitrogens with zero attached hydrogens (tertiary/aromatic N) is 1. The second kappa shape index (κ2) is 8.59. The number of primary amides is 1. The SMILES string of the molecule is CCCCN(CC(N)=O)c1ccc(CNCC)cc1C. The molecule has 0 aliphatic carbocycles. The van der Waals surface area contributed by atoms with Crippen LogP contribution in [0.5, 0.6) is 0 Å². The molecule has 20 heavy (non-hydrogen) atoms. The minimum atomic E-state index is -0.280. The van der Waals surface area contributed by atoms with Gasteiger partial charge in [0, 0.05) is 18.8 Å². The lowest BCUT2D eigenvalue weighted by molar-refractivity contribution is -0.116. The van der Waals surface area contributed by atoms with Crippen molar-refractivity contribution < 1.29 is 4.79 Å². The quantitative estimate of drug-likeness (QED) is 0.727. The Kier molecular flexibility index (Phi) is 7.09. The highest BCUT2D eigenvalue weighted by atomic mass is 16.1. The summed E-state index contributed by atoms with van der Waals surface area (Å²) in [6.45, 7) is 9.33. The predicted octanol–water partition coefficient (Wildman–Crippen LogP) is 2.20. The van der Waals surface area contributed by atoms with Crippen LogP contribution in [0.4, 0.5) is 5.69 Å². The fraction of sp³-hybridized carbons (Fsp3) is 0.562. The van der Waals surface area contributed by atoms with Gasteiger partial charge in [-0.3, -0.25) is 4.79 Å². The van der Waals surface area contributed by atoms with Crippen molar-refractivity contribution in [2.75, 3.05) is 24.5 Å². The van der Waals surface area contributed by atoms with Gasteiger partial charge in [-0.05, 0) is 37.1 Å². The minimum Gasteiger partial charge on any atom is -0.368 e. The van der Waals surface area contributed by atoms with E-state index in [2.05, 4.69) is 49.2 Å². The first-order valence-electron chi connectivity index (χ1n) is 7.42. The van der Waals surface area contributed by atoms with Crippen molar-refractivity contribution in [1.82, 2.24) is 5.32 Å². The number of unbranched alkanes of at least 4 members (excludes halogenated alkanes) is 1. The molecule has 0 spiro atoms. The lowest BCUT2D eigenvalue weighted by atomic mass is 10.1. The van der Waals surface area contributed by atoms with E-state index in [1.165, 1.54) is 11.1 Å². The number of anilines is 1. The Labute approximate surface area is 122 Å². The molecule has 0 aliphatic rings. The van der Waals surface area contributed by atoms with Crippen LogP contribution in [-0.4, -0.2) is 25.5 Å². The second-order valence-electron chi connectivity index (χ2n) is 5.14. The molecule has 4 heteroatoms. The summed E-state index contributed by atoms with van der Waals surface area (Å²) in [5.41, 5.74) is 8.92. The summed E-state index contributed by atoms with van der Waals surface area (Å²) in [7, 11) is 0. The fourth-order valence-corrected chi connectivity index (χ4v) is 2.27. The number of carbonyl (C=O) groups excluding carboxylic acids is 1. The molecule has 0 unspecified atom stereocenters. The van der Waals surface area contributed by atoms with E-state index in [1.54, 1.807) is 0 Å². The monoisotopic (exact) mass is 277 g/mol. The van der Waals surface area contributed by atoms with Crippen LogP contribution in [-0.2, 0) is 11.3 Å². The molecular formula is C16H27N3O. The average Bonchev–Trinajstić information content (AvgIpc) is 2.41. The highest BCUT2D eigenvalue weighted by Gasteiger charge is 2.11. The Bertz CT molecular complexity index is 432. The summed E-state index contributed by atoms with van der Waals surface area (Å²) >= 11 is 0. The molecule has 0 atom stereocenters. The van der Waals surface area contributed by atoms with Crippen LogP contribution in [0.25, 0.3) is 0 Å². The fourth-order valence-electron chi connectivity index (χ4n) is 2.27. The molecule has 0 saturated carbocycles. The maximum atomic E-state index is 11.2. The van der Waals surface area contributed by atoms with Crippen molar-refractivity contribution in [3.8, 4) is 0 Å². The first kappa shape index (κ1) is 16.5. The van der Waals surface area contributed by atoms with Crippen molar-refractivity contribution >= 4 is 11.6 Å². The van der Waals surface area contributed by atoms with Gasteiger partial charge >= 0.3 is 0 Å². The van der Waals surface area contributed by atoms with E-state index in [1.807, 2.05) is 0 Å². The van der Waals surface area contributed by atoms with Gasteiger partial charge in [-0.25, -0.2) is 0 Å². The predicted molar refractivity (Wildman–Crippen MR) is 84.9 cm³/mol. The van der Waals surface area contributed by atoms with Gasteiger partial charge in [-0.2, -0.15) is 0 Å². The van der Waals surface area contributed by atoms with Gasteiger partial charge in [-0.15, -0.1) is 0 Å². The van der Waals surface area contributed by atoms with Crippen LogP contribution >= 0.6 is 0 Å². The molecule has 1 rings (SSSR count). The first-order valence-corrected chi connectivity index (χ1v) is 7.42. The summed E-state index contributed by atoms with van der Waals surface area (Å²) in [5.74, 6) is -0.280. The number of hydrogen-bond donors (Lipinski definition) is 2. The molecule has 0 bridgehead atoms. The van der Waals surface area contributed by atoms with E-state index in [0.29, 0.717) is 0 Å². The average molecular weight is 277 g/mol. The standard InChI is InChI=1S/C16H27N3O/c1-4-6-9-19(12-16(17)20)15-8-7-14(10-13(15)3)11-18-5-2/h7-8,10,18H,4-6,9,11-12H2,1-3H3,(H2,17,20). The van der Waals surface area contributed by atoms with Gasteiger partial charge in [0.05, 0.1) is 6.54 Å². The molecule has 4 nitrogen and oxygen atoms in total. The molecule has 0 radical (unpaired) electrons. The molecule has 0 aliphatic heterocycles. The molecule has 112 valence electrons. The van der Waals surface area contributed by atoms with Gasteiger partial charge in [0.15, 0.2) is 0 Å². The Morgan fingerprint density at radius 1 is 1.35 bits per heavy atom. The van der Waals surface area contributed by atoms with E-state index in [9.17, 15) is 4.79 Å². The molecule has 0 fully saturated rings. The van der Waals surface area contributed by atoms with Crippen LogP contribution in [0.3, 0.4) is 0 Å². The van der Waals surface area contributed by atoms with Crippen LogP contribution in [0.15, 0.2) is 18.2 Å². The summed E-state index contributed by atoms with van der Waals surface area (Å²) in [5, 5.41) is 3.32. The molecular weight excluding hydrogens is 250 g/mol. The van der Waals surface area contributed by atoms with Gasteiger partial charge < -0.3 is 16.0 Å². The molecule has 0 saturated heterocycles. The third kappa shape index (κ3) is 5.21. The maximum Gasteiger partial charge on any atom is 0.236 e. The molecule has 1 aromatic carbocycles. The number of carbonyl (C=O) groups is 1. The first-order chi connectivity index (χ1) is 9.58. The Balaban J connectivity index is 2.86. The number of amides is 1. The Hall–Kier alpha value is -1.55. The van der Waals surface area contributed by atoms with E-state index < -0.39 is 0 Å². The van der Waals surface area contributed by atoms with E-state index in [0.717, 1.165) is 38.2 Å². The van der Waals surface area contributed by atoms with Crippen LogP contribution < -0.4 is 16.0 Å². The zero-order valence-electron chi connectivity index (χ0n) is 12.9. The van der Waals surface area contributed by atoms with Gasteiger partial charge in [0.2, 0.25) is 5.91 Å². The van der Waals surface area contributed by atoms with Crippen molar-refractivity contribution in [3.05, 3.63) is 29.3 Å².